The van der Waals surface area contributed by atoms with Gasteiger partial charge in [0.25, 0.3) is 5.91 Å². The molecule has 29 heavy (non-hydrogen) atoms. The van der Waals surface area contributed by atoms with Crippen molar-refractivity contribution in [2.75, 3.05) is 11.9 Å². The Bertz CT molecular complexity index is 897. The Morgan fingerprint density at radius 3 is 2.66 bits per heavy atom. The van der Waals surface area contributed by atoms with Crippen molar-refractivity contribution >= 4 is 17.6 Å². The number of rotatable bonds is 8. The first-order valence-corrected chi connectivity index (χ1v) is 9.78. The summed E-state index contributed by atoms with van der Waals surface area (Å²) in [5.74, 6) is 0.760. The Hall–Kier alpha value is -2.96. The Labute approximate surface area is 169 Å². The zero-order chi connectivity index (χ0) is 21.0. The van der Waals surface area contributed by atoms with Gasteiger partial charge in [-0.15, -0.1) is 0 Å². The summed E-state index contributed by atoms with van der Waals surface area (Å²) in [5, 5.41) is 5.69. The SMILES string of the molecule is Cc1cc(C(C)NC(=O)c2ccnc(NC(=O)C3CC3)c2)ccc1OCC(C)F. The van der Waals surface area contributed by atoms with Crippen molar-refractivity contribution in [2.24, 2.45) is 5.92 Å². The van der Waals surface area contributed by atoms with Crippen LogP contribution >= 0.6 is 0 Å². The van der Waals surface area contributed by atoms with Crippen molar-refractivity contribution in [3.63, 3.8) is 0 Å². The lowest BCUT2D eigenvalue weighted by atomic mass is 10.0. The fourth-order valence-corrected chi connectivity index (χ4v) is 2.89. The van der Waals surface area contributed by atoms with Gasteiger partial charge in [0, 0.05) is 17.7 Å². The van der Waals surface area contributed by atoms with Gasteiger partial charge in [-0.05, 0) is 62.9 Å². The molecule has 3 rings (SSSR count). The Morgan fingerprint density at radius 1 is 1.24 bits per heavy atom. The third-order valence-corrected chi connectivity index (χ3v) is 4.74. The number of carbonyl (C=O) groups is 2. The third kappa shape index (κ3) is 5.76. The summed E-state index contributed by atoms with van der Waals surface area (Å²) in [6.45, 7) is 5.22. The first kappa shape index (κ1) is 20.8. The highest BCUT2D eigenvalue weighted by Gasteiger charge is 2.29. The van der Waals surface area contributed by atoms with E-state index in [1.165, 1.54) is 13.1 Å². The monoisotopic (exact) mass is 399 g/mol. The number of alkyl halides is 1. The molecule has 7 heteroatoms. The summed E-state index contributed by atoms with van der Waals surface area (Å²) in [6.07, 6.45) is 2.27. The van der Waals surface area contributed by atoms with Gasteiger partial charge in [0.05, 0.1) is 6.04 Å². The first-order chi connectivity index (χ1) is 13.8. The number of halogens is 1. The number of aromatic nitrogens is 1. The zero-order valence-electron chi connectivity index (χ0n) is 16.9. The highest BCUT2D eigenvalue weighted by Crippen LogP contribution is 2.30. The first-order valence-electron chi connectivity index (χ1n) is 9.78. The van der Waals surface area contributed by atoms with Crippen molar-refractivity contribution in [1.29, 1.82) is 0 Å². The van der Waals surface area contributed by atoms with E-state index in [9.17, 15) is 14.0 Å². The van der Waals surface area contributed by atoms with E-state index in [4.69, 9.17) is 4.74 Å². The molecule has 1 aliphatic carbocycles. The molecule has 2 atom stereocenters. The van der Waals surface area contributed by atoms with Gasteiger partial charge in [-0.1, -0.05) is 12.1 Å². The molecule has 154 valence electrons. The van der Waals surface area contributed by atoms with Crippen LogP contribution in [0.25, 0.3) is 0 Å². The van der Waals surface area contributed by atoms with Gasteiger partial charge >= 0.3 is 0 Å². The second kappa shape index (κ2) is 9.03. The standard InChI is InChI=1S/C22H26FN3O3/c1-13-10-17(6-7-19(13)29-12-14(2)23)15(3)25-22(28)18-8-9-24-20(11-18)26-21(27)16-4-5-16/h6-11,14-16H,4-5,12H2,1-3H3,(H,25,28)(H,24,26,27). The molecule has 2 N–H and O–H groups in total. The number of hydrogen-bond acceptors (Lipinski definition) is 4. The van der Waals surface area contributed by atoms with E-state index in [1.807, 2.05) is 26.0 Å². The molecule has 1 fully saturated rings. The second-order valence-corrected chi connectivity index (χ2v) is 7.51. The van der Waals surface area contributed by atoms with Gasteiger partial charge in [-0.3, -0.25) is 9.59 Å². The summed E-state index contributed by atoms with van der Waals surface area (Å²) in [5.41, 5.74) is 2.21. The lowest BCUT2D eigenvalue weighted by Gasteiger charge is -2.17. The van der Waals surface area contributed by atoms with Crippen LogP contribution in [0.4, 0.5) is 10.2 Å². The van der Waals surface area contributed by atoms with E-state index < -0.39 is 6.17 Å². The number of aryl methyl sites for hydroxylation is 1. The number of nitrogens with one attached hydrogen (secondary N) is 2. The number of ether oxygens (including phenoxy) is 1. The Balaban J connectivity index is 1.62. The number of amides is 2. The molecule has 2 amide bonds. The van der Waals surface area contributed by atoms with E-state index in [-0.39, 0.29) is 30.4 Å². The average Bonchev–Trinajstić information content (AvgIpc) is 3.52. The van der Waals surface area contributed by atoms with Crippen molar-refractivity contribution in [1.82, 2.24) is 10.3 Å². The third-order valence-electron chi connectivity index (χ3n) is 4.74. The van der Waals surface area contributed by atoms with Gasteiger partial charge in [0.2, 0.25) is 5.91 Å². The molecule has 1 aromatic heterocycles. The molecule has 0 saturated heterocycles. The Morgan fingerprint density at radius 2 is 2.00 bits per heavy atom. The second-order valence-electron chi connectivity index (χ2n) is 7.51. The van der Waals surface area contributed by atoms with E-state index >= 15 is 0 Å². The van der Waals surface area contributed by atoms with Crippen molar-refractivity contribution in [3.8, 4) is 5.75 Å². The van der Waals surface area contributed by atoms with E-state index in [0.29, 0.717) is 17.1 Å². The van der Waals surface area contributed by atoms with Crippen LogP contribution in [0.3, 0.4) is 0 Å². The predicted molar refractivity (Wildman–Crippen MR) is 109 cm³/mol. The molecule has 1 heterocycles. The van der Waals surface area contributed by atoms with Crippen LogP contribution in [-0.2, 0) is 4.79 Å². The minimum Gasteiger partial charge on any atom is -0.490 e. The van der Waals surface area contributed by atoms with Gasteiger partial charge in [0.1, 0.15) is 24.3 Å². The number of nitrogens with zero attached hydrogens (tertiary/aromatic N) is 1. The normalized spacial score (nSPS) is 15.3. The average molecular weight is 399 g/mol. The zero-order valence-corrected chi connectivity index (χ0v) is 16.9. The highest BCUT2D eigenvalue weighted by molar-refractivity contribution is 5.97. The summed E-state index contributed by atoms with van der Waals surface area (Å²) in [6, 6.07) is 8.49. The molecule has 0 bridgehead atoms. The molecule has 0 aliphatic heterocycles. The van der Waals surface area contributed by atoms with Crippen LogP contribution in [0.5, 0.6) is 5.75 Å². The number of carbonyl (C=O) groups excluding carboxylic acids is 2. The number of pyridine rings is 1. The fourth-order valence-electron chi connectivity index (χ4n) is 2.89. The fraction of sp³-hybridized carbons (Fsp3) is 0.409. The molecule has 2 unspecified atom stereocenters. The van der Waals surface area contributed by atoms with Gasteiger partial charge in [-0.2, -0.15) is 0 Å². The van der Waals surface area contributed by atoms with E-state index in [0.717, 1.165) is 24.0 Å². The minimum absolute atomic E-state index is 0.00807. The molecule has 0 radical (unpaired) electrons. The maximum absolute atomic E-state index is 13.0. The van der Waals surface area contributed by atoms with E-state index in [2.05, 4.69) is 15.6 Å². The molecular weight excluding hydrogens is 373 g/mol. The Kier molecular flexibility index (Phi) is 6.46. The number of benzene rings is 1. The molecule has 0 spiro atoms. The molecule has 1 aliphatic rings. The molecule has 1 aromatic carbocycles. The largest absolute Gasteiger partial charge is 0.490 e. The van der Waals surface area contributed by atoms with Crippen LogP contribution in [0.2, 0.25) is 0 Å². The summed E-state index contributed by atoms with van der Waals surface area (Å²) in [7, 11) is 0. The van der Waals surface area contributed by atoms with Crippen LogP contribution < -0.4 is 15.4 Å². The lowest BCUT2D eigenvalue weighted by molar-refractivity contribution is -0.117. The lowest BCUT2D eigenvalue weighted by Crippen LogP contribution is -2.27. The van der Waals surface area contributed by atoms with Crippen LogP contribution in [0.1, 0.15) is 54.2 Å². The maximum atomic E-state index is 13.0. The van der Waals surface area contributed by atoms with Crippen LogP contribution in [0.15, 0.2) is 36.5 Å². The van der Waals surface area contributed by atoms with Gasteiger partial charge in [0.15, 0.2) is 0 Å². The minimum atomic E-state index is -1.04. The molecular formula is C22H26FN3O3. The van der Waals surface area contributed by atoms with Gasteiger partial charge in [-0.25, -0.2) is 9.37 Å². The molecule has 6 nitrogen and oxygen atoms in total. The smallest absolute Gasteiger partial charge is 0.251 e. The number of anilines is 1. The number of hydrogen-bond donors (Lipinski definition) is 2. The summed E-state index contributed by atoms with van der Waals surface area (Å²) >= 11 is 0. The van der Waals surface area contributed by atoms with Crippen molar-refractivity contribution < 1.29 is 18.7 Å². The predicted octanol–water partition coefficient (Wildman–Crippen LogP) is 3.97. The molecule has 2 aromatic rings. The quantitative estimate of drug-likeness (QED) is 0.704. The van der Waals surface area contributed by atoms with E-state index in [1.54, 1.807) is 18.2 Å². The van der Waals surface area contributed by atoms with Crippen LogP contribution in [0, 0.1) is 12.8 Å². The van der Waals surface area contributed by atoms with Crippen molar-refractivity contribution in [2.45, 2.75) is 45.8 Å². The summed E-state index contributed by atoms with van der Waals surface area (Å²) in [4.78, 5) is 28.6. The van der Waals surface area contributed by atoms with Crippen molar-refractivity contribution in [3.05, 3.63) is 53.2 Å². The molecule has 1 saturated carbocycles. The topological polar surface area (TPSA) is 80.3 Å². The highest BCUT2D eigenvalue weighted by atomic mass is 19.1. The van der Waals surface area contributed by atoms with Gasteiger partial charge < -0.3 is 15.4 Å². The van der Waals surface area contributed by atoms with Crippen LogP contribution in [-0.4, -0.2) is 29.6 Å². The summed E-state index contributed by atoms with van der Waals surface area (Å²) < 4.78 is 18.4. The maximum Gasteiger partial charge on any atom is 0.251 e.